The first-order valence-electron chi connectivity index (χ1n) is 8.04. The first-order chi connectivity index (χ1) is 14.3. The number of carboxylic acid groups (broad SMARTS) is 1. The standard InChI is InChI=1S/C15H13N3O11S2/c1-2-10-9-12(17(23)24)5-8-14(10)30(25,26)18(15(19)20)29-31(27,28)13-6-3-11(4-7-13)16(21)22/h3-9H,2H2,1H3,(H,19,20)/p-1. The smallest absolute Gasteiger partial charge is 0.318 e. The summed E-state index contributed by atoms with van der Waals surface area (Å²) in [4.78, 5) is 29.8. The second-order valence-corrected chi connectivity index (χ2v) is 8.93. The molecule has 0 N–H and O–H groups in total. The third-order valence-electron chi connectivity index (χ3n) is 3.78. The van der Waals surface area contributed by atoms with Gasteiger partial charge in [-0.05, 0) is 30.2 Å². The molecule has 0 spiro atoms. The van der Waals surface area contributed by atoms with Crippen molar-refractivity contribution < 1.29 is 40.9 Å². The molecule has 14 nitrogen and oxygen atoms in total. The van der Waals surface area contributed by atoms with E-state index in [0.29, 0.717) is 12.1 Å². The Morgan fingerprint density at radius 2 is 1.48 bits per heavy atom. The van der Waals surface area contributed by atoms with Crippen LogP contribution in [0.3, 0.4) is 0 Å². The Morgan fingerprint density at radius 3 is 1.94 bits per heavy atom. The minimum atomic E-state index is -5.21. The summed E-state index contributed by atoms with van der Waals surface area (Å²) >= 11 is 0. The van der Waals surface area contributed by atoms with Crippen molar-refractivity contribution in [3.8, 4) is 0 Å². The molecule has 0 saturated carbocycles. The third kappa shape index (κ3) is 4.93. The summed E-state index contributed by atoms with van der Waals surface area (Å²) in [5, 5.41) is 32.9. The van der Waals surface area contributed by atoms with Gasteiger partial charge in [-0.15, -0.1) is 8.75 Å². The van der Waals surface area contributed by atoms with Crippen molar-refractivity contribution in [2.24, 2.45) is 0 Å². The molecular formula is C15H12N3O11S2-. The van der Waals surface area contributed by atoms with Crippen molar-refractivity contribution in [3.05, 3.63) is 68.3 Å². The molecule has 0 bridgehead atoms. The minimum absolute atomic E-state index is 0.0910. The summed E-state index contributed by atoms with van der Waals surface area (Å²) in [5.74, 6) is 0. The Labute approximate surface area is 174 Å². The molecule has 0 aliphatic heterocycles. The zero-order valence-electron chi connectivity index (χ0n) is 15.4. The SMILES string of the molecule is CCc1cc([N+](=O)[O-])ccc1S(=O)(=O)N(OS(=O)(=O)c1ccc([N+](=O)[O-])cc1)C(=O)[O-]. The maximum absolute atomic E-state index is 12.7. The Morgan fingerprint density at radius 1 is 0.968 bits per heavy atom. The van der Waals surface area contributed by atoms with Crippen LogP contribution < -0.4 is 5.11 Å². The van der Waals surface area contributed by atoms with Crippen molar-refractivity contribution in [1.29, 1.82) is 0 Å². The van der Waals surface area contributed by atoms with Gasteiger partial charge in [0, 0.05) is 24.3 Å². The molecular weight excluding hydrogens is 462 g/mol. The van der Waals surface area contributed by atoms with E-state index < -0.39 is 61.7 Å². The number of hydroxylamine groups is 1. The fraction of sp³-hybridized carbons (Fsp3) is 0.133. The zero-order chi connectivity index (χ0) is 23.6. The Balaban J connectivity index is 2.51. The number of non-ortho nitro benzene ring substituents is 2. The zero-order valence-corrected chi connectivity index (χ0v) is 17.0. The lowest BCUT2D eigenvalue weighted by Gasteiger charge is -2.23. The van der Waals surface area contributed by atoms with Gasteiger partial charge >= 0.3 is 10.1 Å². The molecule has 1 amide bonds. The number of nitrogens with zero attached hydrogens (tertiary/aromatic N) is 3. The van der Waals surface area contributed by atoms with E-state index in [-0.39, 0.29) is 12.0 Å². The Hall–Kier alpha value is -3.63. The van der Waals surface area contributed by atoms with Crippen molar-refractivity contribution in [2.45, 2.75) is 23.1 Å². The number of nitro groups is 2. The van der Waals surface area contributed by atoms with E-state index in [9.17, 15) is 47.0 Å². The molecule has 0 unspecified atom stereocenters. The highest BCUT2D eigenvalue weighted by Crippen LogP contribution is 2.27. The fourth-order valence-corrected chi connectivity index (χ4v) is 4.84. The van der Waals surface area contributed by atoms with Gasteiger partial charge in [-0.1, -0.05) is 6.92 Å². The van der Waals surface area contributed by atoms with Gasteiger partial charge in [0.1, 0.15) is 0 Å². The van der Waals surface area contributed by atoms with Crippen LogP contribution >= 0.6 is 0 Å². The monoisotopic (exact) mass is 474 g/mol. The number of amides is 1. The van der Waals surface area contributed by atoms with Crippen LogP contribution in [-0.2, 0) is 30.8 Å². The number of sulfonamides is 1. The van der Waals surface area contributed by atoms with E-state index in [0.717, 1.165) is 30.3 Å². The normalized spacial score (nSPS) is 11.6. The molecule has 0 aliphatic rings. The van der Waals surface area contributed by atoms with Crippen LogP contribution in [0.1, 0.15) is 12.5 Å². The number of carbonyl (C=O) groups is 1. The van der Waals surface area contributed by atoms with Gasteiger partial charge in [-0.25, -0.2) is 0 Å². The highest BCUT2D eigenvalue weighted by Gasteiger charge is 2.34. The van der Waals surface area contributed by atoms with E-state index in [1.165, 1.54) is 6.92 Å². The Bertz CT molecular complexity index is 1260. The minimum Gasteiger partial charge on any atom is -0.527 e. The average molecular weight is 474 g/mol. The van der Waals surface area contributed by atoms with Crippen LogP contribution in [0.25, 0.3) is 0 Å². The van der Waals surface area contributed by atoms with Crippen molar-refractivity contribution in [1.82, 2.24) is 4.47 Å². The van der Waals surface area contributed by atoms with Crippen LogP contribution in [-0.4, -0.2) is 37.2 Å². The first kappa shape index (κ1) is 23.6. The van der Waals surface area contributed by atoms with E-state index >= 15 is 0 Å². The molecule has 0 heterocycles. The van der Waals surface area contributed by atoms with Crippen molar-refractivity contribution >= 4 is 37.6 Å². The molecule has 2 aromatic carbocycles. The molecule has 2 aromatic rings. The van der Waals surface area contributed by atoms with E-state index in [1.807, 2.05) is 0 Å². The highest BCUT2D eigenvalue weighted by molar-refractivity contribution is 7.91. The van der Waals surface area contributed by atoms with Gasteiger partial charge in [-0.3, -0.25) is 20.2 Å². The summed E-state index contributed by atoms with van der Waals surface area (Å²) in [6, 6.07) is 5.35. The number of nitro benzene ring substituents is 2. The fourth-order valence-electron chi connectivity index (χ4n) is 2.33. The number of aryl methyl sites for hydroxylation is 1. The number of hydrogen-bond donors (Lipinski definition) is 0. The van der Waals surface area contributed by atoms with Crippen LogP contribution in [0.5, 0.6) is 0 Å². The summed E-state index contributed by atoms with van der Waals surface area (Å²) in [6.45, 7) is 1.43. The molecule has 0 fully saturated rings. The maximum Gasteiger partial charge on any atom is 0.318 e. The highest BCUT2D eigenvalue weighted by atomic mass is 32.2. The maximum atomic E-state index is 12.7. The summed E-state index contributed by atoms with van der Waals surface area (Å²) in [5.41, 5.74) is -1.14. The van der Waals surface area contributed by atoms with Gasteiger partial charge in [0.25, 0.3) is 21.4 Å². The van der Waals surface area contributed by atoms with E-state index in [4.69, 9.17) is 0 Å². The molecule has 0 atom stereocenters. The average Bonchev–Trinajstić information content (AvgIpc) is 2.71. The largest absolute Gasteiger partial charge is 0.527 e. The van der Waals surface area contributed by atoms with Crippen LogP contribution in [0.2, 0.25) is 0 Å². The number of rotatable bonds is 8. The lowest BCUT2D eigenvalue weighted by molar-refractivity contribution is -0.385. The van der Waals surface area contributed by atoms with Gasteiger partial charge < -0.3 is 9.90 Å². The van der Waals surface area contributed by atoms with Crippen LogP contribution in [0.15, 0.2) is 52.3 Å². The number of hydrogen-bond acceptors (Lipinski definition) is 11. The molecule has 0 saturated heterocycles. The summed E-state index contributed by atoms with van der Waals surface area (Å²) in [7, 11) is -10.3. The second-order valence-electron chi connectivity index (χ2n) is 5.68. The van der Waals surface area contributed by atoms with Crippen LogP contribution in [0.4, 0.5) is 16.2 Å². The Kier molecular flexibility index (Phi) is 6.58. The predicted octanol–water partition coefficient (Wildman–Crippen LogP) is 0.720. The molecule has 0 aliphatic carbocycles. The van der Waals surface area contributed by atoms with Gasteiger partial charge in [-0.2, -0.15) is 16.8 Å². The topological polar surface area (TPSA) is 207 Å². The molecule has 2 rings (SSSR count). The molecule has 0 aromatic heterocycles. The van der Waals surface area contributed by atoms with E-state index in [1.54, 1.807) is 0 Å². The summed E-state index contributed by atoms with van der Waals surface area (Å²) < 4.78 is 53.5. The second kappa shape index (κ2) is 8.62. The molecule has 166 valence electrons. The van der Waals surface area contributed by atoms with E-state index in [2.05, 4.69) is 4.28 Å². The third-order valence-corrected chi connectivity index (χ3v) is 6.69. The molecule has 0 radical (unpaired) electrons. The lowest BCUT2D eigenvalue weighted by Crippen LogP contribution is -2.46. The summed E-state index contributed by atoms with van der Waals surface area (Å²) in [6.07, 6.45) is -2.66. The van der Waals surface area contributed by atoms with Gasteiger partial charge in [0.15, 0.2) is 6.09 Å². The lowest BCUT2D eigenvalue weighted by atomic mass is 10.1. The van der Waals surface area contributed by atoms with Crippen molar-refractivity contribution in [2.75, 3.05) is 0 Å². The van der Waals surface area contributed by atoms with Gasteiger partial charge in [0.05, 0.1) is 19.6 Å². The molecule has 31 heavy (non-hydrogen) atoms. The van der Waals surface area contributed by atoms with Crippen molar-refractivity contribution in [3.63, 3.8) is 0 Å². The number of carbonyl (C=O) groups excluding carboxylic acids is 1. The number of benzene rings is 2. The quantitative estimate of drug-likeness (QED) is 0.384. The molecule has 16 heteroatoms. The predicted molar refractivity (Wildman–Crippen MR) is 98.3 cm³/mol. The van der Waals surface area contributed by atoms with Gasteiger partial charge in [0.2, 0.25) is 0 Å². The first-order valence-corrected chi connectivity index (χ1v) is 10.9. The van der Waals surface area contributed by atoms with Crippen LogP contribution in [0, 0.1) is 20.2 Å².